The zero-order chi connectivity index (χ0) is 36.4. The standard InChI is InChI=1S/C38H53N4O7P/c1-5-35(50(46,48-27-31-19-11-7-12-20-31)49-28-32-21-13-8-14-22-32)40-34(25-29(2)3)36(43)41-33(23-15-16-24-39)37(44)42(4)38(45)47-26-30-17-9-6-10-18-30/h6-14,17-22,29,33-35,40H,5,15-16,23-28,39H2,1-4H3,(H,41,43)/t33-,34-,35+/m0/s1. The van der Waals surface area contributed by atoms with Crippen LogP contribution in [-0.4, -0.2) is 54.3 Å². The van der Waals surface area contributed by atoms with Gasteiger partial charge in [0, 0.05) is 7.05 Å². The fourth-order valence-electron chi connectivity index (χ4n) is 5.24. The molecule has 12 heteroatoms. The van der Waals surface area contributed by atoms with Crippen LogP contribution in [-0.2, 0) is 47.8 Å². The van der Waals surface area contributed by atoms with Crippen molar-refractivity contribution < 1.29 is 32.7 Å². The molecule has 0 heterocycles. The third kappa shape index (κ3) is 13.5. The maximum atomic E-state index is 14.6. The summed E-state index contributed by atoms with van der Waals surface area (Å²) in [6.07, 6.45) is 1.33. The van der Waals surface area contributed by atoms with Crippen molar-refractivity contribution in [2.75, 3.05) is 13.6 Å². The molecule has 3 aromatic carbocycles. The Morgan fingerprint density at radius 3 is 1.74 bits per heavy atom. The molecule has 3 amide bonds. The Balaban J connectivity index is 1.80. The second-order valence-corrected chi connectivity index (χ2v) is 14.8. The molecular formula is C38H53N4O7P. The number of imide groups is 1. The largest absolute Gasteiger partial charge is 0.444 e. The monoisotopic (exact) mass is 708 g/mol. The Kier molecular flexibility index (Phi) is 17.3. The number of hydrogen-bond donors (Lipinski definition) is 3. The summed E-state index contributed by atoms with van der Waals surface area (Å²) >= 11 is 0. The maximum absolute atomic E-state index is 14.6. The number of nitrogens with two attached hydrogens (primary N) is 1. The molecule has 0 aliphatic heterocycles. The molecule has 0 saturated carbocycles. The number of unbranched alkanes of at least 4 members (excludes halogenated alkanes) is 1. The lowest BCUT2D eigenvalue weighted by Crippen LogP contribution is -2.55. The number of carbonyl (C=O) groups excluding carboxylic acids is 3. The van der Waals surface area contributed by atoms with E-state index in [2.05, 4.69) is 10.6 Å². The number of amides is 3. The van der Waals surface area contributed by atoms with Gasteiger partial charge in [-0.3, -0.25) is 19.5 Å². The first-order valence-corrected chi connectivity index (χ1v) is 18.9. The summed E-state index contributed by atoms with van der Waals surface area (Å²) in [6, 6.07) is 26.0. The lowest BCUT2D eigenvalue weighted by atomic mass is 10.0. The summed E-state index contributed by atoms with van der Waals surface area (Å²) < 4.78 is 32.2. The van der Waals surface area contributed by atoms with Crippen LogP contribution in [0.25, 0.3) is 0 Å². The van der Waals surface area contributed by atoms with Crippen LogP contribution in [0, 0.1) is 5.92 Å². The quantitative estimate of drug-likeness (QED) is 0.0806. The lowest BCUT2D eigenvalue weighted by Gasteiger charge is -2.32. The van der Waals surface area contributed by atoms with E-state index in [1.165, 1.54) is 7.05 Å². The van der Waals surface area contributed by atoms with E-state index in [9.17, 15) is 18.9 Å². The van der Waals surface area contributed by atoms with E-state index in [0.717, 1.165) is 21.6 Å². The van der Waals surface area contributed by atoms with Crippen LogP contribution < -0.4 is 16.4 Å². The van der Waals surface area contributed by atoms with E-state index < -0.39 is 43.4 Å². The van der Waals surface area contributed by atoms with Gasteiger partial charge in [-0.25, -0.2) is 9.69 Å². The van der Waals surface area contributed by atoms with Crippen molar-refractivity contribution >= 4 is 25.5 Å². The molecule has 0 aliphatic carbocycles. The van der Waals surface area contributed by atoms with Gasteiger partial charge in [0.25, 0.3) is 5.91 Å². The molecule has 0 bridgehead atoms. The number of nitrogens with one attached hydrogen (secondary N) is 2. The van der Waals surface area contributed by atoms with Gasteiger partial charge in [-0.2, -0.15) is 0 Å². The first-order chi connectivity index (χ1) is 24.1. The van der Waals surface area contributed by atoms with Crippen molar-refractivity contribution in [3.8, 4) is 0 Å². The van der Waals surface area contributed by atoms with E-state index in [1.807, 2.05) is 112 Å². The van der Waals surface area contributed by atoms with Crippen LogP contribution in [0.3, 0.4) is 0 Å². The molecule has 3 rings (SSSR count). The molecule has 0 spiro atoms. The Morgan fingerprint density at radius 1 is 0.780 bits per heavy atom. The second kappa shape index (κ2) is 21.4. The summed E-state index contributed by atoms with van der Waals surface area (Å²) in [6.45, 7) is 6.32. The molecule has 11 nitrogen and oxygen atoms in total. The van der Waals surface area contributed by atoms with Gasteiger partial charge in [-0.1, -0.05) is 112 Å². The molecule has 0 unspecified atom stereocenters. The third-order valence-corrected chi connectivity index (χ3v) is 10.3. The van der Waals surface area contributed by atoms with Gasteiger partial charge >= 0.3 is 13.7 Å². The number of benzene rings is 3. The summed E-state index contributed by atoms with van der Waals surface area (Å²) in [5.74, 6) is -1.85. The van der Waals surface area contributed by atoms with Crippen molar-refractivity contribution in [2.24, 2.45) is 11.7 Å². The van der Waals surface area contributed by atoms with E-state index >= 15 is 0 Å². The molecule has 0 saturated heterocycles. The number of rotatable bonds is 21. The predicted octanol–water partition coefficient (Wildman–Crippen LogP) is 6.76. The van der Waals surface area contributed by atoms with Crippen molar-refractivity contribution in [3.05, 3.63) is 108 Å². The molecule has 4 N–H and O–H groups in total. The Bertz CT molecular complexity index is 1450. The number of nitrogens with zero attached hydrogens (tertiary/aromatic N) is 1. The lowest BCUT2D eigenvalue weighted by molar-refractivity contribution is -0.135. The minimum absolute atomic E-state index is 0.000968. The van der Waals surface area contributed by atoms with Crippen LogP contribution in [0.1, 0.15) is 69.6 Å². The minimum atomic E-state index is -3.88. The van der Waals surface area contributed by atoms with Gasteiger partial charge in [0.2, 0.25) is 5.91 Å². The minimum Gasteiger partial charge on any atom is -0.444 e. The van der Waals surface area contributed by atoms with Crippen LogP contribution in [0.5, 0.6) is 0 Å². The summed E-state index contributed by atoms with van der Waals surface area (Å²) in [7, 11) is -2.54. The Hall–Kier alpha value is -3.86. The van der Waals surface area contributed by atoms with Gasteiger partial charge in [-0.05, 0) is 61.3 Å². The molecule has 3 aromatic rings. The van der Waals surface area contributed by atoms with Crippen LogP contribution in [0.2, 0.25) is 0 Å². The molecular weight excluding hydrogens is 655 g/mol. The van der Waals surface area contributed by atoms with Gasteiger partial charge in [-0.15, -0.1) is 0 Å². The maximum Gasteiger partial charge on any atom is 0.416 e. The fourth-order valence-corrected chi connectivity index (χ4v) is 7.15. The highest BCUT2D eigenvalue weighted by molar-refractivity contribution is 7.54. The van der Waals surface area contributed by atoms with Crippen LogP contribution >= 0.6 is 7.60 Å². The topological polar surface area (TPSA) is 149 Å². The van der Waals surface area contributed by atoms with Gasteiger partial charge in [0.15, 0.2) is 0 Å². The van der Waals surface area contributed by atoms with Gasteiger partial charge < -0.3 is 24.8 Å². The smallest absolute Gasteiger partial charge is 0.416 e. The Morgan fingerprint density at radius 2 is 1.28 bits per heavy atom. The normalized spacial score (nSPS) is 13.3. The molecule has 0 aliphatic rings. The molecule has 3 atom stereocenters. The highest BCUT2D eigenvalue weighted by atomic mass is 31.2. The first kappa shape index (κ1) is 40.6. The van der Waals surface area contributed by atoms with E-state index in [4.69, 9.17) is 19.5 Å². The van der Waals surface area contributed by atoms with E-state index in [1.54, 1.807) is 0 Å². The van der Waals surface area contributed by atoms with Crippen LogP contribution in [0.4, 0.5) is 4.79 Å². The zero-order valence-corrected chi connectivity index (χ0v) is 30.6. The average Bonchev–Trinajstić information content (AvgIpc) is 3.13. The van der Waals surface area contributed by atoms with Crippen LogP contribution in [0.15, 0.2) is 91.0 Å². The van der Waals surface area contributed by atoms with Crippen molar-refractivity contribution in [1.82, 2.24) is 15.5 Å². The molecule has 0 radical (unpaired) electrons. The van der Waals surface area contributed by atoms with Crippen molar-refractivity contribution in [2.45, 2.75) is 90.6 Å². The average molecular weight is 709 g/mol. The number of carbonyl (C=O) groups is 3. The predicted molar refractivity (Wildman–Crippen MR) is 195 cm³/mol. The first-order valence-electron chi connectivity index (χ1n) is 17.3. The molecule has 0 aromatic heterocycles. The molecule has 50 heavy (non-hydrogen) atoms. The highest BCUT2D eigenvalue weighted by Gasteiger charge is 2.39. The third-order valence-electron chi connectivity index (χ3n) is 8.06. The van der Waals surface area contributed by atoms with Gasteiger partial charge in [0.1, 0.15) is 18.4 Å². The van der Waals surface area contributed by atoms with E-state index in [0.29, 0.717) is 32.2 Å². The van der Waals surface area contributed by atoms with E-state index in [-0.39, 0.29) is 32.2 Å². The summed E-state index contributed by atoms with van der Waals surface area (Å²) in [5.41, 5.74) is 8.15. The number of likely N-dealkylation sites (N-methyl/N-ethyl adjacent to an activating group) is 1. The van der Waals surface area contributed by atoms with Crippen molar-refractivity contribution in [1.29, 1.82) is 0 Å². The zero-order valence-electron chi connectivity index (χ0n) is 29.7. The van der Waals surface area contributed by atoms with Gasteiger partial charge in [0.05, 0.1) is 19.3 Å². The number of ether oxygens (including phenoxy) is 1. The summed E-state index contributed by atoms with van der Waals surface area (Å²) in [5, 5.41) is 6.16. The fraction of sp³-hybridized carbons (Fsp3) is 0.447. The SMILES string of the molecule is CC[C@H](N[C@@H](CC(C)C)C(=O)N[C@@H](CCCCN)C(=O)N(C)C(=O)OCc1ccccc1)P(=O)(OCc1ccccc1)OCc1ccccc1. The highest BCUT2D eigenvalue weighted by Crippen LogP contribution is 2.54. The molecule has 272 valence electrons. The molecule has 0 fully saturated rings. The summed E-state index contributed by atoms with van der Waals surface area (Å²) in [4.78, 5) is 41.4. The van der Waals surface area contributed by atoms with Crippen molar-refractivity contribution in [3.63, 3.8) is 0 Å². The second-order valence-electron chi connectivity index (χ2n) is 12.6. The Labute approximate surface area is 296 Å². The number of hydrogen-bond acceptors (Lipinski definition) is 9.